The van der Waals surface area contributed by atoms with Crippen LogP contribution in [0, 0.1) is 17.8 Å². The summed E-state index contributed by atoms with van der Waals surface area (Å²) in [6, 6.07) is -0.00102. The SMILES string of the molecule is CN(Cc1nccs1)C(=O)NCC[C@@H]1C[C@@H]2C=C[C@H]1C2. The van der Waals surface area contributed by atoms with E-state index >= 15 is 0 Å². The highest BCUT2D eigenvalue weighted by atomic mass is 32.1. The van der Waals surface area contributed by atoms with Crippen LogP contribution < -0.4 is 5.32 Å². The summed E-state index contributed by atoms with van der Waals surface area (Å²) in [5.74, 6) is 2.35. The number of urea groups is 1. The predicted molar refractivity (Wildman–Crippen MR) is 80.4 cm³/mol. The number of rotatable bonds is 5. The lowest BCUT2D eigenvalue weighted by Gasteiger charge is -2.20. The molecule has 5 heteroatoms. The number of carbonyl (C=O) groups is 1. The Hall–Kier alpha value is -1.36. The molecular weight excluding hydrogens is 270 g/mol. The number of fused-ring (bicyclic) bond motifs is 2. The van der Waals surface area contributed by atoms with Crippen molar-refractivity contribution in [3.8, 4) is 0 Å². The first-order valence-electron chi connectivity index (χ1n) is 7.28. The first kappa shape index (κ1) is 13.6. The van der Waals surface area contributed by atoms with Crippen molar-refractivity contribution >= 4 is 17.4 Å². The van der Waals surface area contributed by atoms with Crippen molar-refractivity contribution < 1.29 is 4.79 Å². The third-order valence-electron chi connectivity index (χ3n) is 4.41. The van der Waals surface area contributed by atoms with E-state index in [9.17, 15) is 4.79 Å². The molecule has 1 aromatic rings. The van der Waals surface area contributed by atoms with E-state index in [4.69, 9.17) is 0 Å². The molecule has 0 radical (unpaired) electrons. The van der Waals surface area contributed by atoms with Gasteiger partial charge in [0.15, 0.2) is 0 Å². The van der Waals surface area contributed by atoms with Gasteiger partial charge in [0.2, 0.25) is 0 Å². The van der Waals surface area contributed by atoms with Crippen molar-refractivity contribution in [3.63, 3.8) is 0 Å². The molecule has 1 fully saturated rings. The Kier molecular flexibility index (Phi) is 4.05. The van der Waals surface area contributed by atoms with Crippen molar-refractivity contribution in [2.45, 2.75) is 25.8 Å². The average molecular weight is 291 g/mol. The number of nitrogens with zero attached hydrogens (tertiary/aromatic N) is 2. The molecule has 2 aliphatic carbocycles. The third-order valence-corrected chi connectivity index (χ3v) is 5.17. The van der Waals surface area contributed by atoms with Gasteiger partial charge >= 0.3 is 6.03 Å². The van der Waals surface area contributed by atoms with Crippen molar-refractivity contribution in [2.24, 2.45) is 17.8 Å². The molecule has 0 unspecified atom stereocenters. The second kappa shape index (κ2) is 5.95. The normalized spacial score (nSPS) is 26.9. The van der Waals surface area contributed by atoms with Crippen LogP contribution in [0.3, 0.4) is 0 Å². The topological polar surface area (TPSA) is 45.2 Å². The molecule has 3 atom stereocenters. The molecule has 2 amide bonds. The molecule has 0 spiro atoms. The predicted octanol–water partition coefficient (Wildman–Crippen LogP) is 2.89. The molecule has 3 rings (SSSR count). The van der Waals surface area contributed by atoms with E-state index < -0.39 is 0 Å². The van der Waals surface area contributed by atoms with Gasteiger partial charge in [-0.1, -0.05) is 12.2 Å². The fourth-order valence-corrected chi connectivity index (χ4v) is 4.00. The van der Waals surface area contributed by atoms with E-state index in [0.717, 1.165) is 35.7 Å². The minimum atomic E-state index is -0.00102. The Bertz CT molecular complexity index is 485. The summed E-state index contributed by atoms with van der Waals surface area (Å²) in [5, 5.41) is 5.93. The lowest BCUT2D eigenvalue weighted by atomic mass is 9.91. The van der Waals surface area contributed by atoms with Crippen LogP contribution in [-0.2, 0) is 6.54 Å². The molecule has 0 saturated heterocycles. The summed E-state index contributed by atoms with van der Waals surface area (Å²) in [7, 11) is 1.82. The van der Waals surface area contributed by atoms with E-state index in [1.54, 1.807) is 22.4 Å². The van der Waals surface area contributed by atoms with Crippen LogP contribution >= 0.6 is 11.3 Å². The molecule has 108 valence electrons. The summed E-state index contributed by atoms with van der Waals surface area (Å²) < 4.78 is 0. The fourth-order valence-electron chi connectivity index (χ4n) is 3.33. The lowest BCUT2D eigenvalue weighted by molar-refractivity contribution is 0.205. The number of amides is 2. The van der Waals surface area contributed by atoms with Crippen LogP contribution in [0.25, 0.3) is 0 Å². The smallest absolute Gasteiger partial charge is 0.317 e. The first-order valence-corrected chi connectivity index (χ1v) is 8.16. The van der Waals surface area contributed by atoms with Crippen LogP contribution in [-0.4, -0.2) is 29.5 Å². The van der Waals surface area contributed by atoms with E-state index in [-0.39, 0.29) is 6.03 Å². The molecule has 0 aliphatic heterocycles. The van der Waals surface area contributed by atoms with Gasteiger partial charge in [-0.2, -0.15) is 0 Å². The maximum atomic E-state index is 12.0. The number of aromatic nitrogens is 1. The van der Waals surface area contributed by atoms with Gasteiger partial charge in [0, 0.05) is 25.2 Å². The number of allylic oxidation sites excluding steroid dienone is 2. The highest BCUT2D eigenvalue weighted by molar-refractivity contribution is 7.09. The standard InChI is InChI=1S/C15H21N3OS/c1-18(10-14-16-6-7-20-14)15(19)17-5-4-13-9-11-2-3-12(13)8-11/h2-3,6-7,11-13H,4-5,8-10H2,1H3,(H,17,19)/t11-,12+,13-/m1/s1. The van der Waals surface area contributed by atoms with Crippen molar-refractivity contribution in [3.05, 3.63) is 28.7 Å². The Morgan fingerprint density at radius 3 is 3.05 bits per heavy atom. The molecule has 4 nitrogen and oxygen atoms in total. The largest absolute Gasteiger partial charge is 0.338 e. The highest BCUT2D eigenvalue weighted by Crippen LogP contribution is 2.44. The van der Waals surface area contributed by atoms with E-state index in [2.05, 4.69) is 22.5 Å². The minimum absolute atomic E-state index is 0.00102. The van der Waals surface area contributed by atoms with Crippen LogP contribution in [0.2, 0.25) is 0 Å². The summed E-state index contributed by atoms with van der Waals surface area (Å²) >= 11 is 1.58. The second-order valence-electron chi connectivity index (χ2n) is 5.84. The summed E-state index contributed by atoms with van der Waals surface area (Å²) in [6.45, 7) is 1.36. The van der Waals surface area contributed by atoms with Crippen molar-refractivity contribution in [2.75, 3.05) is 13.6 Å². The molecule has 1 N–H and O–H groups in total. The highest BCUT2D eigenvalue weighted by Gasteiger charge is 2.34. The minimum Gasteiger partial charge on any atom is -0.338 e. The number of hydrogen-bond donors (Lipinski definition) is 1. The van der Waals surface area contributed by atoms with Crippen LogP contribution in [0.5, 0.6) is 0 Å². The van der Waals surface area contributed by atoms with Gasteiger partial charge in [-0.25, -0.2) is 9.78 Å². The average Bonchev–Trinajstić information content (AvgIpc) is 3.15. The van der Waals surface area contributed by atoms with Gasteiger partial charge in [-0.3, -0.25) is 0 Å². The Morgan fingerprint density at radius 1 is 1.50 bits per heavy atom. The third kappa shape index (κ3) is 3.03. The van der Waals surface area contributed by atoms with Gasteiger partial charge in [0.1, 0.15) is 5.01 Å². The Balaban J connectivity index is 1.37. The zero-order chi connectivity index (χ0) is 13.9. The van der Waals surface area contributed by atoms with E-state index in [1.807, 2.05) is 12.4 Å². The molecular formula is C15H21N3OS. The van der Waals surface area contributed by atoms with Crippen LogP contribution in [0.15, 0.2) is 23.7 Å². The Morgan fingerprint density at radius 2 is 2.40 bits per heavy atom. The summed E-state index contributed by atoms with van der Waals surface area (Å²) in [5.41, 5.74) is 0. The fraction of sp³-hybridized carbons (Fsp3) is 0.600. The monoisotopic (exact) mass is 291 g/mol. The molecule has 1 aromatic heterocycles. The van der Waals surface area contributed by atoms with Gasteiger partial charge in [-0.05, 0) is 37.0 Å². The molecule has 1 saturated carbocycles. The van der Waals surface area contributed by atoms with Gasteiger partial charge in [0.05, 0.1) is 6.54 Å². The Labute approximate surface area is 123 Å². The maximum absolute atomic E-state index is 12.0. The zero-order valence-corrected chi connectivity index (χ0v) is 12.6. The van der Waals surface area contributed by atoms with Crippen LogP contribution in [0.4, 0.5) is 4.79 Å². The molecule has 20 heavy (non-hydrogen) atoms. The second-order valence-corrected chi connectivity index (χ2v) is 6.82. The van der Waals surface area contributed by atoms with Crippen molar-refractivity contribution in [1.82, 2.24) is 15.2 Å². The number of nitrogens with one attached hydrogen (secondary N) is 1. The summed E-state index contributed by atoms with van der Waals surface area (Å²) in [4.78, 5) is 17.9. The van der Waals surface area contributed by atoms with E-state index in [0.29, 0.717) is 6.54 Å². The molecule has 2 bridgehead atoms. The molecule has 1 heterocycles. The maximum Gasteiger partial charge on any atom is 0.317 e. The first-order chi connectivity index (χ1) is 9.72. The quantitative estimate of drug-likeness (QED) is 0.848. The lowest BCUT2D eigenvalue weighted by Crippen LogP contribution is -2.37. The van der Waals surface area contributed by atoms with Gasteiger partial charge in [0.25, 0.3) is 0 Å². The molecule has 0 aromatic carbocycles. The van der Waals surface area contributed by atoms with Gasteiger partial charge < -0.3 is 10.2 Å². The zero-order valence-electron chi connectivity index (χ0n) is 11.8. The van der Waals surface area contributed by atoms with E-state index in [1.165, 1.54) is 12.8 Å². The van der Waals surface area contributed by atoms with Gasteiger partial charge in [-0.15, -0.1) is 11.3 Å². The van der Waals surface area contributed by atoms with Crippen LogP contribution in [0.1, 0.15) is 24.3 Å². The summed E-state index contributed by atoms with van der Waals surface area (Å²) in [6.07, 6.45) is 10.3. The number of thiazole rings is 1. The molecule has 2 aliphatic rings. The number of hydrogen-bond acceptors (Lipinski definition) is 3. The van der Waals surface area contributed by atoms with Crippen molar-refractivity contribution in [1.29, 1.82) is 0 Å². The number of carbonyl (C=O) groups excluding carboxylic acids is 1.